The number of rotatable bonds is 8. The quantitative estimate of drug-likeness (QED) is 0.193. The summed E-state index contributed by atoms with van der Waals surface area (Å²) < 4.78 is 37.8. The Labute approximate surface area is 178 Å². The summed E-state index contributed by atoms with van der Waals surface area (Å²) in [6.07, 6.45) is -2.61. The van der Waals surface area contributed by atoms with E-state index in [0.717, 1.165) is 6.33 Å². The van der Waals surface area contributed by atoms with Crippen molar-refractivity contribution in [3.8, 4) is 0 Å². The zero-order valence-electron chi connectivity index (χ0n) is 16.3. The first kappa shape index (κ1) is 24.4. The van der Waals surface area contributed by atoms with Crippen LogP contribution in [0.5, 0.6) is 0 Å². The van der Waals surface area contributed by atoms with Crippen LogP contribution >= 0.6 is 15.6 Å². The Morgan fingerprint density at radius 2 is 2.09 bits per heavy atom. The van der Waals surface area contributed by atoms with E-state index < -0.39 is 58.1 Å². The summed E-state index contributed by atoms with van der Waals surface area (Å²) >= 11 is 0. The van der Waals surface area contributed by atoms with Crippen molar-refractivity contribution in [3.63, 3.8) is 0 Å². The lowest BCUT2D eigenvalue weighted by atomic mass is 9.98. The van der Waals surface area contributed by atoms with E-state index in [1.165, 1.54) is 11.5 Å². The molecule has 2 aromatic heterocycles. The van der Waals surface area contributed by atoms with Crippen molar-refractivity contribution < 1.29 is 47.3 Å². The molecule has 19 heteroatoms. The topological polar surface area (TPSA) is 261 Å². The van der Waals surface area contributed by atoms with Gasteiger partial charge in [-0.05, 0) is 0 Å². The second-order valence-corrected chi connectivity index (χ2v) is 9.60. The molecule has 1 aliphatic rings. The number of ether oxygens (including phenoxy) is 1. The van der Waals surface area contributed by atoms with E-state index in [4.69, 9.17) is 20.3 Å². The maximum Gasteiger partial charge on any atom is 0.481 e. The number of nitrogen functional groups attached to an aromatic ring is 1. The van der Waals surface area contributed by atoms with Gasteiger partial charge < -0.3 is 35.6 Å². The summed E-state index contributed by atoms with van der Waals surface area (Å²) in [7, 11) is -10.5. The molecule has 17 nitrogen and oxygen atoms in total. The van der Waals surface area contributed by atoms with Crippen molar-refractivity contribution in [2.45, 2.75) is 25.4 Å². The predicted molar refractivity (Wildman–Crippen MR) is 104 cm³/mol. The van der Waals surface area contributed by atoms with Gasteiger partial charge in [0.25, 0.3) is 5.56 Å². The van der Waals surface area contributed by atoms with Gasteiger partial charge in [0.2, 0.25) is 11.9 Å². The van der Waals surface area contributed by atoms with Crippen molar-refractivity contribution in [1.29, 1.82) is 0 Å². The zero-order valence-corrected chi connectivity index (χ0v) is 18.0. The number of amides is 1. The number of aromatic nitrogens is 4. The lowest BCUT2D eigenvalue weighted by molar-refractivity contribution is -0.119. The molecule has 1 unspecified atom stereocenters. The molecule has 0 saturated carbocycles. The maximum atomic E-state index is 12.0. The van der Waals surface area contributed by atoms with Gasteiger partial charge in [-0.3, -0.25) is 23.7 Å². The number of carbonyl (C=O) groups excluding carboxylic acids is 1. The third-order valence-corrected chi connectivity index (χ3v) is 6.60. The number of anilines is 1. The number of hydrogen-bond acceptors (Lipinski definition) is 11. The number of aromatic amines is 1. The van der Waals surface area contributed by atoms with Crippen molar-refractivity contribution in [3.05, 3.63) is 16.7 Å². The highest BCUT2D eigenvalue weighted by atomic mass is 31.3. The Balaban J connectivity index is 1.87. The molecule has 0 spiro atoms. The monoisotopic (exact) mass is 498 g/mol. The van der Waals surface area contributed by atoms with E-state index in [0.29, 0.717) is 0 Å². The molecule has 0 aromatic carbocycles. The third kappa shape index (κ3) is 5.58. The van der Waals surface area contributed by atoms with Crippen molar-refractivity contribution in [1.82, 2.24) is 24.8 Å². The molecule has 178 valence electrons. The lowest BCUT2D eigenvalue weighted by Gasteiger charge is -2.21. The van der Waals surface area contributed by atoms with E-state index in [-0.39, 0.29) is 23.7 Å². The number of fused-ring (bicyclic) bond motifs is 1. The van der Waals surface area contributed by atoms with Crippen LogP contribution in [0.4, 0.5) is 5.95 Å². The molecule has 2 aromatic rings. The molecular formula is C13H20N6O11P2. The number of carbonyl (C=O) groups is 1. The molecule has 8 N–H and O–H groups in total. The van der Waals surface area contributed by atoms with E-state index in [1.807, 2.05) is 0 Å². The summed E-state index contributed by atoms with van der Waals surface area (Å²) in [6, 6.07) is 0. The van der Waals surface area contributed by atoms with Crippen molar-refractivity contribution in [2.75, 3.05) is 18.9 Å². The van der Waals surface area contributed by atoms with E-state index in [9.17, 15) is 28.7 Å². The number of H-pyrrole nitrogens is 1. The lowest BCUT2D eigenvalue weighted by Crippen LogP contribution is -2.38. The Bertz CT molecular complexity index is 1160. The fraction of sp³-hybridized carbons (Fsp3) is 0.538. The maximum absolute atomic E-state index is 12.0. The first-order chi connectivity index (χ1) is 14.8. The van der Waals surface area contributed by atoms with Crippen LogP contribution in [0.3, 0.4) is 0 Å². The summed E-state index contributed by atoms with van der Waals surface area (Å²) in [5.41, 5.74) is 4.80. The van der Waals surface area contributed by atoms with Crippen LogP contribution in [-0.4, -0.2) is 70.6 Å². The minimum absolute atomic E-state index is 0.0205. The fourth-order valence-electron chi connectivity index (χ4n) is 3.15. The minimum Gasteiger partial charge on any atom is -0.388 e. The van der Waals surface area contributed by atoms with Gasteiger partial charge in [0, 0.05) is 19.4 Å². The first-order valence-electron chi connectivity index (χ1n) is 8.82. The van der Waals surface area contributed by atoms with Crippen LogP contribution in [0.2, 0.25) is 0 Å². The summed E-state index contributed by atoms with van der Waals surface area (Å²) in [5.74, 6) is -1.58. The molecule has 0 radical (unpaired) electrons. The third-order valence-electron chi connectivity index (χ3n) is 4.45. The van der Waals surface area contributed by atoms with Crippen LogP contribution in [-0.2, 0) is 27.5 Å². The number of imidazole rings is 1. The highest BCUT2D eigenvalue weighted by Gasteiger charge is 2.46. The van der Waals surface area contributed by atoms with Crippen LogP contribution < -0.4 is 16.6 Å². The summed E-state index contributed by atoms with van der Waals surface area (Å²) in [4.78, 5) is 60.3. The molecule has 1 fully saturated rings. The Morgan fingerprint density at radius 1 is 1.41 bits per heavy atom. The van der Waals surface area contributed by atoms with E-state index >= 15 is 0 Å². The standard InChI is InChI=1S/C13H20N6O11P2/c1-5(20)15-2-6-7(3-28-32(26,27)30-31(23,24)25)29-12(9(6)21)19-4-16-8-10(19)17-13(14)18-11(8)22/h4,6-7,9,12,21H,2-3H2,1H3,(H,15,20)(H,26,27)(H2,23,24,25)(H3,14,17,18,22)/t6-,7-,9-,12-/m1/s1. The van der Waals surface area contributed by atoms with Gasteiger partial charge in [0.1, 0.15) is 6.10 Å². The highest BCUT2D eigenvalue weighted by Crippen LogP contribution is 2.57. The van der Waals surface area contributed by atoms with Crippen molar-refractivity contribution in [2.24, 2.45) is 5.92 Å². The zero-order chi connectivity index (χ0) is 23.8. The van der Waals surface area contributed by atoms with Crippen molar-refractivity contribution >= 4 is 38.7 Å². The molecule has 32 heavy (non-hydrogen) atoms. The first-order valence-corrected chi connectivity index (χ1v) is 11.8. The number of phosphoric ester groups is 1. The van der Waals surface area contributed by atoms with Crippen LogP contribution in [0.1, 0.15) is 13.2 Å². The number of nitrogens with zero attached hydrogens (tertiary/aromatic N) is 3. The second kappa shape index (κ2) is 8.97. The number of nitrogens with two attached hydrogens (primary N) is 1. The largest absolute Gasteiger partial charge is 0.481 e. The van der Waals surface area contributed by atoms with Gasteiger partial charge >= 0.3 is 15.6 Å². The molecule has 0 bridgehead atoms. The molecule has 1 amide bonds. The van der Waals surface area contributed by atoms with Gasteiger partial charge in [0.15, 0.2) is 17.4 Å². The van der Waals surface area contributed by atoms with E-state index in [1.54, 1.807) is 0 Å². The van der Waals surface area contributed by atoms with Gasteiger partial charge in [-0.25, -0.2) is 14.1 Å². The number of hydrogen-bond donors (Lipinski definition) is 7. The molecule has 3 heterocycles. The van der Waals surface area contributed by atoms with Gasteiger partial charge in [-0.15, -0.1) is 0 Å². The number of phosphoric acid groups is 2. The molecule has 5 atom stereocenters. The van der Waals surface area contributed by atoms with Gasteiger partial charge in [-0.2, -0.15) is 9.29 Å². The predicted octanol–water partition coefficient (Wildman–Crippen LogP) is -2.06. The molecule has 1 saturated heterocycles. The normalized spacial score (nSPS) is 25.7. The molecule has 3 rings (SSSR count). The fourth-order valence-corrected chi connectivity index (χ4v) is 4.75. The number of nitrogens with one attached hydrogen (secondary N) is 2. The smallest absolute Gasteiger partial charge is 0.388 e. The number of aliphatic hydroxyl groups excluding tert-OH is 1. The van der Waals surface area contributed by atoms with Crippen LogP contribution in [0.25, 0.3) is 11.2 Å². The average Bonchev–Trinajstić information content (AvgIpc) is 3.17. The Morgan fingerprint density at radius 3 is 2.72 bits per heavy atom. The van der Waals surface area contributed by atoms with Crippen LogP contribution in [0.15, 0.2) is 11.1 Å². The van der Waals surface area contributed by atoms with Gasteiger partial charge in [0.05, 0.1) is 19.0 Å². The average molecular weight is 498 g/mol. The second-order valence-electron chi connectivity index (χ2n) is 6.77. The molecule has 1 aliphatic heterocycles. The van der Waals surface area contributed by atoms with Crippen LogP contribution in [0, 0.1) is 5.92 Å². The summed E-state index contributed by atoms with van der Waals surface area (Å²) in [5, 5.41) is 13.3. The molecular weight excluding hydrogens is 478 g/mol. The van der Waals surface area contributed by atoms with Gasteiger partial charge in [-0.1, -0.05) is 0 Å². The Hall–Kier alpha value is -2.20. The highest BCUT2D eigenvalue weighted by molar-refractivity contribution is 7.60. The SMILES string of the molecule is CC(=O)NC[C@H]1[C@@H](O)[C@H](n2cnc3c(=O)[nH]c(N)nc32)O[C@@H]1COP(=O)(O)OP(=O)(O)O. The minimum atomic E-state index is -5.34. The Kier molecular flexibility index (Phi) is 6.86. The van der Waals surface area contributed by atoms with E-state index in [2.05, 4.69) is 29.1 Å². The summed E-state index contributed by atoms with van der Waals surface area (Å²) in [6.45, 7) is 0.316. The number of aliphatic hydroxyl groups is 1. The molecule has 0 aliphatic carbocycles.